The lowest BCUT2D eigenvalue weighted by Gasteiger charge is -2.27. The zero-order valence-corrected chi connectivity index (χ0v) is 18.0. The molecule has 0 unspecified atom stereocenters. The van der Waals surface area contributed by atoms with Crippen LogP contribution >= 0.6 is 11.3 Å². The van der Waals surface area contributed by atoms with Gasteiger partial charge in [-0.15, -0.1) is 11.3 Å². The first-order valence-corrected chi connectivity index (χ1v) is 11.3. The fourth-order valence-electron chi connectivity index (χ4n) is 3.54. The topological polar surface area (TPSA) is 52.6 Å². The number of hydrogen-bond acceptors (Lipinski definition) is 4. The van der Waals surface area contributed by atoms with Crippen molar-refractivity contribution in [1.82, 2.24) is 20.5 Å². The Hall–Kier alpha value is -1.92. The molecule has 1 aromatic carbocycles. The second-order valence-electron chi connectivity index (χ2n) is 7.34. The van der Waals surface area contributed by atoms with Crippen molar-refractivity contribution in [3.63, 3.8) is 0 Å². The van der Waals surface area contributed by atoms with Gasteiger partial charge in [0.25, 0.3) is 0 Å². The monoisotopic (exact) mass is 399 g/mol. The summed E-state index contributed by atoms with van der Waals surface area (Å²) >= 11 is 1.77. The van der Waals surface area contributed by atoms with Crippen LogP contribution in [0.4, 0.5) is 0 Å². The third-order valence-electron chi connectivity index (χ3n) is 5.01. The zero-order chi connectivity index (χ0) is 19.6. The number of nitrogens with one attached hydrogen (secondary N) is 2. The van der Waals surface area contributed by atoms with Gasteiger partial charge >= 0.3 is 0 Å². The predicted octanol–water partition coefficient (Wildman–Crippen LogP) is 3.74. The molecule has 2 N–H and O–H groups in total. The molecule has 2 aromatic rings. The molecule has 0 saturated carbocycles. The van der Waals surface area contributed by atoms with Crippen LogP contribution in [0, 0.1) is 6.92 Å². The summed E-state index contributed by atoms with van der Waals surface area (Å²) in [5, 5.41) is 7.98. The second-order valence-corrected chi connectivity index (χ2v) is 8.66. The standard InChI is InChI=1S/C22H33N5S/c1-3-23-22(24-12-11-21-25-15-18(2)28-21)26-16-19-9-5-6-10-20(19)17-27-13-7-4-8-14-27/h5-6,9-10,15H,3-4,7-8,11-14,16-17H2,1-2H3,(H2,23,24,26). The molecule has 1 aromatic heterocycles. The Morgan fingerprint density at radius 1 is 1.14 bits per heavy atom. The first kappa shape index (κ1) is 20.8. The van der Waals surface area contributed by atoms with Crippen LogP contribution in [0.5, 0.6) is 0 Å². The number of aliphatic imine (C=N–C) groups is 1. The van der Waals surface area contributed by atoms with E-state index >= 15 is 0 Å². The van der Waals surface area contributed by atoms with E-state index in [9.17, 15) is 0 Å². The summed E-state index contributed by atoms with van der Waals surface area (Å²) in [6.45, 7) is 10.1. The largest absolute Gasteiger partial charge is 0.357 e. The Balaban J connectivity index is 1.57. The lowest BCUT2D eigenvalue weighted by Crippen LogP contribution is -2.38. The molecular formula is C22H33N5S. The summed E-state index contributed by atoms with van der Waals surface area (Å²) in [6.07, 6.45) is 6.90. The summed E-state index contributed by atoms with van der Waals surface area (Å²) in [5.41, 5.74) is 2.73. The van der Waals surface area contributed by atoms with Gasteiger partial charge in [-0.2, -0.15) is 0 Å². The van der Waals surface area contributed by atoms with Crippen molar-refractivity contribution in [3.8, 4) is 0 Å². The van der Waals surface area contributed by atoms with Crippen molar-refractivity contribution in [3.05, 3.63) is 51.5 Å². The molecule has 1 aliphatic rings. The van der Waals surface area contributed by atoms with Gasteiger partial charge in [-0.05, 0) is 50.9 Å². The lowest BCUT2D eigenvalue weighted by molar-refractivity contribution is 0.220. The summed E-state index contributed by atoms with van der Waals surface area (Å²) in [5.74, 6) is 0.878. The predicted molar refractivity (Wildman–Crippen MR) is 119 cm³/mol. The minimum atomic E-state index is 0.704. The molecular weight excluding hydrogens is 366 g/mol. The molecule has 1 saturated heterocycles. The van der Waals surface area contributed by atoms with E-state index in [1.165, 1.54) is 53.4 Å². The fourth-order valence-corrected chi connectivity index (χ4v) is 4.32. The van der Waals surface area contributed by atoms with Crippen molar-refractivity contribution in [2.45, 2.75) is 52.6 Å². The maximum absolute atomic E-state index is 4.83. The van der Waals surface area contributed by atoms with Gasteiger partial charge in [0.2, 0.25) is 0 Å². The van der Waals surface area contributed by atoms with Crippen LogP contribution in [-0.2, 0) is 19.5 Å². The van der Waals surface area contributed by atoms with Gasteiger partial charge in [-0.1, -0.05) is 30.7 Å². The molecule has 0 amide bonds. The summed E-state index contributed by atoms with van der Waals surface area (Å²) in [4.78, 5) is 13.1. The highest BCUT2D eigenvalue weighted by atomic mass is 32.1. The maximum Gasteiger partial charge on any atom is 0.191 e. The van der Waals surface area contributed by atoms with Crippen molar-refractivity contribution in [2.75, 3.05) is 26.2 Å². The van der Waals surface area contributed by atoms with Gasteiger partial charge in [0.05, 0.1) is 11.6 Å². The van der Waals surface area contributed by atoms with E-state index in [0.29, 0.717) is 6.54 Å². The van der Waals surface area contributed by atoms with Gasteiger partial charge in [-0.25, -0.2) is 9.98 Å². The Morgan fingerprint density at radius 2 is 1.93 bits per heavy atom. The molecule has 1 fully saturated rings. The van der Waals surface area contributed by atoms with Gasteiger partial charge in [0.1, 0.15) is 0 Å². The highest BCUT2D eigenvalue weighted by Crippen LogP contribution is 2.17. The first-order valence-electron chi connectivity index (χ1n) is 10.5. The molecule has 0 atom stereocenters. The number of likely N-dealkylation sites (tertiary alicyclic amines) is 1. The summed E-state index contributed by atoms with van der Waals surface area (Å²) in [6, 6.07) is 8.73. The number of aryl methyl sites for hydroxylation is 1. The van der Waals surface area contributed by atoms with E-state index < -0.39 is 0 Å². The number of hydrogen-bond donors (Lipinski definition) is 2. The molecule has 0 bridgehead atoms. The van der Waals surface area contributed by atoms with Gasteiger partial charge in [0, 0.05) is 37.1 Å². The molecule has 0 aliphatic carbocycles. The van der Waals surface area contributed by atoms with E-state index in [1.807, 2.05) is 6.20 Å². The molecule has 6 heteroatoms. The Kier molecular flexibility index (Phi) is 8.30. The van der Waals surface area contributed by atoms with Gasteiger partial charge in [0.15, 0.2) is 5.96 Å². The third kappa shape index (κ3) is 6.60. The molecule has 0 spiro atoms. The quantitative estimate of drug-likeness (QED) is 0.524. The molecule has 0 radical (unpaired) electrons. The molecule has 3 rings (SSSR count). The number of rotatable bonds is 8. The lowest BCUT2D eigenvalue weighted by atomic mass is 10.1. The highest BCUT2D eigenvalue weighted by Gasteiger charge is 2.12. The molecule has 28 heavy (non-hydrogen) atoms. The highest BCUT2D eigenvalue weighted by molar-refractivity contribution is 7.11. The smallest absolute Gasteiger partial charge is 0.191 e. The summed E-state index contributed by atoms with van der Waals surface area (Å²) in [7, 11) is 0. The molecule has 2 heterocycles. The van der Waals surface area contributed by atoms with Gasteiger partial charge in [-0.3, -0.25) is 4.90 Å². The average Bonchev–Trinajstić information content (AvgIpc) is 3.13. The van der Waals surface area contributed by atoms with Crippen LogP contribution in [0.1, 0.15) is 47.2 Å². The van der Waals surface area contributed by atoms with Crippen molar-refractivity contribution in [1.29, 1.82) is 0 Å². The van der Waals surface area contributed by atoms with E-state index in [1.54, 1.807) is 11.3 Å². The van der Waals surface area contributed by atoms with Crippen molar-refractivity contribution < 1.29 is 0 Å². The number of thiazole rings is 1. The molecule has 1 aliphatic heterocycles. The Morgan fingerprint density at radius 3 is 2.64 bits per heavy atom. The second kappa shape index (κ2) is 11.2. The average molecular weight is 400 g/mol. The first-order chi connectivity index (χ1) is 13.7. The van der Waals surface area contributed by atoms with Crippen LogP contribution in [0.2, 0.25) is 0 Å². The van der Waals surface area contributed by atoms with E-state index in [0.717, 1.165) is 32.0 Å². The van der Waals surface area contributed by atoms with E-state index in [4.69, 9.17) is 4.99 Å². The minimum absolute atomic E-state index is 0.704. The molecule has 5 nitrogen and oxygen atoms in total. The number of guanidine groups is 1. The van der Waals surface area contributed by atoms with Crippen LogP contribution in [0.15, 0.2) is 35.5 Å². The third-order valence-corrected chi connectivity index (χ3v) is 5.99. The Bertz CT molecular complexity index is 749. The van der Waals surface area contributed by atoms with Gasteiger partial charge < -0.3 is 10.6 Å². The Labute approximate surface area is 173 Å². The number of aromatic nitrogens is 1. The van der Waals surface area contributed by atoms with Crippen LogP contribution < -0.4 is 10.6 Å². The van der Waals surface area contributed by atoms with Crippen LogP contribution in [-0.4, -0.2) is 42.0 Å². The SMILES string of the molecule is CCNC(=NCc1ccccc1CN1CCCCC1)NCCc1ncc(C)s1. The fraction of sp³-hybridized carbons (Fsp3) is 0.545. The van der Waals surface area contributed by atoms with Crippen molar-refractivity contribution in [2.24, 2.45) is 4.99 Å². The maximum atomic E-state index is 4.83. The molecule has 152 valence electrons. The minimum Gasteiger partial charge on any atom is -0.357 e. The van der Waals surface area contributed by atoms with E-state index in [2.05, 4.69) is 58.6 Å². The number of piperidine rings is 1. The van der Waals surface area contributed by atoms with Crippen LogP contribution in [0.3, 0.4) is 0 Å². The van der Waals surface area contributed by atoms with E-state index in [-0.39, 0.29) is 0 Å². The normalized spacial score (nSPS) is 15.6. The number of nitrogens with zero attached hydrogens (tertiary/aromatic N) is 3. The number of benzene rings is 1. The zero-order valence-electron chi connectivity index (χ0n) is 17.2. The summed E-state index contributed by atoms with van der Waals surface area (Å²) < 4.78 is 0. The van der Waals surface area contributed by atoms with Crippen molar-refractivity contribution >= 4 is 17.3 Å². The van der Waals surface area contributed by atoms with Crippen LogP contribution in [0.25, 0.3) is 0 Å².